The molecule has 0 bridgehead atoms. The van der Waals surface area contributed by atoms with Gasteiger partial charge in [-0.2, -0.15) is 14.9 Å². The fraction of sp³-hybridized carbons (Fsp3) is 0.308. The van der Waals surface area contributed by atoms with Gasteiger partial charge < -0.3 is 9.47 Å². The van der Waals surface area contributed by atoms with E-state index in [1.54, 1.807) is 25.1 Å². The average molecular weight is 292 g/mol. The third-order valence-corrected chi connectivity index (χ3v) is 3.04. The van der Waals surface area contributed by atoms with Crippen molar-refractivity contribution in [3.05, 3.63) is 34.4 Å². The third-order valence-electron chi connectivity index (χ3n) is 2.78. The summed E-state index contributed by atoms with van der Waals surface area (Å²) in [4.78, 5) is 0. The highest BCUT2D eigenvalue weighted by Crippen LogP contribution is 2.29. The van der Waals surface area contributed by atoms with Gasteiger partial charge in [0.2, 0.25) is 4.77 Å². The SMILES string of the molecule is CCc1n[nH]c(=S)n1/N=C/c1cccc(OC)c1OC. The Labute approximate surface area is 122 Å². The molecule has 2 aromatic rings. The number of hydrogen-bond donors (Lipinski definition) is 1. The summed E-state index contributed by atoms with van der Waals surface area (Å²) in [5, 5.41) is 11.2. The summed E-state index contributed by atoms with van der Waals surface area (Å²) in [5.74, 6) is 2.06. The van der Waals surface area contributed by atoms with E-state index < -0.39 is 0 Å². The van der Waals surface area contributed by atoms with E-state index in [2.05, 4.69) is 15.3 Å². The normalized spacial score (nSPS) is 10.9. The monoisotopic (exact) mass is 292 g/mol. The van der Waals surface area contributed by atoms with Crippen LogP contribution in [-0.4, -0.2) is 35.3 Å². The number of rotatable bonds is 5. The smallest absolute Gasteiger partial charge is 0.216 e. The first-order chi connectivity index (χ1) is 9.71. The van der Waals surface area contributed by atoms with Gasteiger partial charge in [0.05, 0.1) is 20.4 Å². The topological polar surface area (TPSA) is 64.4 Å². The summed E-state index contributed by atoms with van der Waals surface area (Å²) >= 11 is 5.14. The van der Waals surface area contributed by atoms with Gasteiger partial charge >= 0.3 is 0 Å². The molecular formula is C13H16N4O2S. The van der Waals surface area contributed by atoms with E-state index in [1.807, 2.05) is 25.1 Å². The van der Waals surface area contributed by atoms with E-state index in [0.29, 0.717) is 16.3 Å². The molecule has 0 amide bonds. The lowest BCUT2D eigenvalue weighted by Gasteiger charge is -2.09. The first kappa shape index (κ1) is 14.3. The standard InChI is InChI=1S/C13H16N4O2S/c1-4-11-15-16-13(20)17(11)14-8-9-6-5-7-10(18-2)12(9)19-3/h5-8H,4H2,1-3H3,(H,16,20)/b14-8+. The van der Waals surface area contributed by atoms with Crippen LogP contribution in [0.3, 0.4) is 0 Å². The van der Waals surface area contributed by atoms with Crippen molar-refractivity contribution in [2.45, 2.75) is 13.3 Å². The minimum Gasteiger partial charge on any atom is -0.493 e. The summed E-state index contributed by atoms with van der Waals surface area (Å²) in [6.45, 7) is 1.99. The Morgan fingerprint density at radius 3 is 2.85 bits per heavy atom. The van der Waals surface area contributed by atoms with Crippen molar-refractivity contribution >= 4 is 18.4 Å². The van der Waals surface area contributed by atoms with Gasteiger partial charge in [-0.25, -0.2) is 0 Å². The fourth-order valence-corrected chi connectivity index (χ4v) is 2.00. The van der Waals surface area contributed by atoms with Gasteiger partial charge in [0.15, 0.2) is 17.3 Å². The summed E-state index contributed by atoms with van der Waals surface area (Å²) in [5.41, 5.74) is 0.803. The fourth-order valence-electron chi connectivity index (χ4n) is 1.81. The Morgan fingerprint density at radius 1 is 1.40 bits per heavy atom. The number of hydrogen-bond acceptors (Lipinski definition) is 5. The van der Waals surface area contributed by atoms with Crippen LogP contribution >= 0.6 is 12.2 Å². The zero-order valence-electron chi connectivity index (χ0n) is 11.6. The van der Waals surface area contributed by atoms with Crippen LogP contribution in [0.1, 0.15) is 18.3 Å². The number of nitrogens with one attached hydrogen (secondary N) is 1. The van der Waals surface area contributed by atoms with Crippen LogP contribution in [0.15, 0.2) is 23.3 Å². The van der Waals surface area contributed by atoms with Crippen LogP contribution in [0.25, 0.3) is 0 Å². The maximum atomic E-state index is 5.35. The summed E-state index contributed by atoms with van der Waals surface area (Å²) in [6, 6.07) is 5.59. The van der Waals surface area contributed by atoms with E-state index in [0.717, 1.165) is 17.8 Å². The molecule has 106 valence electrons. The lowest BCUT2D eigenvalue weighted by molar-refractivity contribution is 0.354. The van der Waals surface area contributed by atoms with Crippen LogP contribution in [0, 0.1) is 4.77 Å². The molecule has 0 radical (unpaired) electrons. The number of nitrogens with zero attached hydrogens (tertiary/aromatic N) is 3. The predicted octanol–water partition coefficient (Wildman–Crippen LogP) is 2.40. The van der Waals surface area contributed by atoms with Crippen LogP contribution in [0.5, 0.6) is 11.5 Å². The van der Waals surface area contributed by atoms with Gasteiger partial charge in [0.1, 0.15) is 0 Å². The largest absolute Gasteiger partial charge is 0.493 e. The molecule has 1 heterocycles. The van der Waals surface area contributed by atoms with Crippen molar-refractivity contribution in [3.8, 4) is 11.5 Å². The lowest BCUT2D eigenvalue weighted by Crippen LogP contribution is -1.99. The van der Waals surface area contributed by atoms with Crippen molar-refractivity contribution in [1.82, 2.24) is 14.9 Å². The molecule has 1 N–H and O–H groups in total. The molecule has 6 nitrogen and oxygen atoms in total. The Hall–Kier alpha value is -2.15. The van der Waals surface area contributed by atoms with E-state index in [9.17, 15) is 0 Å². The molecule has 2 rings (SSSR count). The van der Waals surface area contributed by atoms with E-state index in [1.165, 1.54) is 0 Å². The summed E-state index contributed by atoms with van der Waals surface area (Å²) < 4.78 is 12.6. The lowest BCUT2D eigenvalue weighted by atomic mass is 10.2. The number of ether oxygens (including phenoxy) is 2. The quantitative estimate of drug-likeness (QED) is 0.679. The first-order valence-electron chi connectivity index (χ1n) is 6.12. The zero-order chi connectivity index (χ0) is 14.5. The molecule has 20 heavy (non-hydrogen) atoms. The second-order valence-corrected chi connectivity index (χ2v) is 4.32. The number of aryl methyl sites for hydroxylation is 1. The minimum absolute atomic E-state index is 0.458. The molecule has 0 aliphatic heterocycles. The highest BCUT2D eigenvalue weighted by molar-refractivity contribution is 7.71. The van der Waals surface area contributed by atoms with Crippen LogP contribution in [0.4, 0.5) is 0 Å². The van der Waals surface area contributed by atoms with Crippen molar-refractivity contribution in [2.24, 2.45) is 5.10 Å². The van der Waals surface area contributed by atoms with Gasteiger partial charge in [-0.3, -0.25) is 5.10 Å². The van der Waals surface area contributed by atoms with Crippen molar-refractivity contribution in [3.63, 3.8) is 0 Å². The minimum atomic E-state index is 0.458. The number of benzene rings is 1. The first-order valence-corrected chi connectivity index (χ1v) is 6.53. The molecule has 0 aliphatic rings. The van der Waals surface area contributed by atoms with E-state index in [-0.39, 0.29) is 0 Å². The highest BCUT2D eigenvalue weighted by Gasteiger charge is 2.08. The molecule has 1 aromatic carbocycles. The van der Waals surface area contributed by atoms with E-state index in [4.69, 9.17) is 21.7 Å². The maximum Gasteiger partial charge on any atom is 0.216 e. The van der Waals surface area contributed by atoms with Crippen molar-refractivity contribution < 1.29 is 9.47 Å². The Morgan fingerprint density at radius 2 is 2.20 bits per heavy atom. The van der Waals surface area contributed by atoms with Gasteiger partial charge in [0, 0.05) is 12.0 Å². The van der Waals surface area contributed by atoms with Gasteiger partial charge in [-0.15, -0.1) is 0 Å². The predicted molar refractivity (Wildman–Crippen MR) is 79.3 cm³/mol. The third kappa shape index (κ3) is 2.72. The molecule has 0 aliphatic carbocycles. The highest BCUT2D eigenvalue weighted by atomic mass is 32.1. The van der Waals surface area contributed by atoms with Crippen molar-refractivity contribution in [1.29, 1.82) is 0 Å². The summed E-state index contributed by atoms with van der Waals surface area (Å²) in [6.07, 6.45) is 2.41. The van der Waals surface area contributed by atoms with Crippen LogP contribution in [0.2, 0.25) is 0 Å². The number of aromatic amines is 1. The Bertz CT molecular complexity index is 675. The molecule has 0 fully saturated rings. The van der Waals surface area contributed by atoms with E-state index >= 15 is 0 Å². The van der Waals surface area contributed by atoms with Gasteiger partial charge in [-0.05, 0) is 24.4 Å². The molecule has 0 saturated heterocycles. The Kier molecular flexibility index (Phi) is 4.52. The van der Waals surface area contributed by atoms with Gasteiger partial charge in [0.25, 0.3) is 0 Å². The average Bonchev–Trinajstić information content (AvgIpc) is 2.84. The maximum absolute atomic E-state index is 5.35. The Balaban J connectivity index is 2.41. The molecule has 0 unspecified atom stereocenters. The number of aromatic nitrogens is 3. The second kappa shape index (κ2) is 6.33. The molecule has 0 spiro atoms. The molecule has 7 heteroatoms. The number of para-hydroxylation sites is 1. The van der Waals surface area contributed by atoms with Crippen LogP contribution in [-0.2, 0) is 6.42 Å². The second-order valence-electron chi connectivity index (χ2n) is 3.94. The number of methoxy groups -OCH3 is 2. The molecule has 1 aromatic heterocycles. The number of H-pyrrole nitrogens is 1. The van der Waals surface area contributed by atoms with Gasteiger partial charge in [-0.1, -0.05) is 13.0 Å². The molecular weight excluding hydrogens is 276 g/mol. The molecule has 0 saturated carbocycles. The molecule has 0 atom stereocenters. The zero-order valence-corrected chi connectivity index (χ0v) is 12.4. The van der Waals surface area contributed by atoms with Crippen LogP contribution < -0.4 is 9.47 Å². The summed E-state index contributed by atoms with van der Waals surface area (Å²) in [7, 11) is 3.19. The van der Waals surface area contributed by atoms with Crippen molar-refractivity contribution in [2.75, 3.05) is 14.2 Å².